The second kappa shape index (κ2) is 4.14. The fraction of sp³-hybridized carbons (Fsp3) is 0.286. The largest absolute Gasteiger partial charge is 0.493 e. The molecule has 0 amide bonds. The Balaban J connectivity index is 3.11. The van der Waals surface area contributed by atoms with Crippen LogP contribution in [0.25, 0.3) is 0 Å². The first kappa shape index (κ1) is 11.3. The Morgan fingerprint density at radius 2 is 2.21 bits per heavy atom. The van der Waals surface area contributed by atoms with E-state index in [1.807, 2.05) is 0 Å². The molecule has 1 N–H and O–H groups in total. The number of aromatic nitrogens is 1. The van der Waals surface area contributed by atoms with Gasteiger partial charge in [0.15, 0.2) is 5.75 Å². The summed E-state index contributed by atoms with van der Waals surface area (Å²) < 4.78 is 29.7. The third-order valence-electron chi connectivity index (χ3n) is 1.35. The van der Waals surface area contributed by atoms with Crippen molar-refractivity contribution in [3.05, 3.63) is 16.9 Å². The Hall–Kier alpha value is -0.820. The highest BCUT2D eigenvalue weighted by atomic mass is 79.9. The van der Waals surface area contributed by atoms with Gasteiger partial charge in [-0.3, -0.25) is 4.72 Å². The van der Waals surface area contributed by atoms with E-state index in [0.29, 0.717) is 16.0 Å². The van der Waals surface area contributed by atoms with E-state index in [1.165, 1.54) is 19.4 Å². The number of hydrogen-bond donors (Lipinski definition) is 1. The first-order valence-electron chi connectivity index (χ1n) is 3.59. The average Bonchev–Trinajstić information content (AvgIpc) is 2.01. The molecule has 0 aromatic carbocycles. The molecule has 0 bridgehead atoms. The summed E-state index contributed by atoms with van der Waals surface area (Å²) in [4.78, 5) is 3.90. The molecule has 7 heteroatoms. The second-order valence-corrected chi connectivity index (χ2v) is 5.14. The lowest BCUT2D eigenvalue weighted by Gasteiger charge is -2.08. The van der Waals surface area contributed by atoms with Crippen LogP contribution in [0.4, 0.5) is 5.69 Å². The minimum Gasteiger partial charge on any atom is -0.493 e. The zero-order valence-electron chi connectivity index (χ0n) is 7.61. The zero-order chi connectivity index (χ0) is 10.8. The van der Waals surface area contributed by atoms with Gasteiger partial charge < -0.3 is 4.74 Å². The molecule has 1 aromatic heterocycles. The number of nitrogens with one attached hydrogen (secondary N) is 1. The number of nitrogens with zero attached hydrogens (tertiary/aromatic N) is 1. The molecule has 1 rings (SSSR count). The van der Waals surface area contributed by atoms with Crippen LogP contribution in [0.2, 0.25) is 0 Å². The monoisotopic (exact) mass is 280 g/mol. The van der Waals surface area contributed by atoms with Gasteiger partial charge in [0.2, 0.25) is 10.0 Å². The molecular formula is C7H9BrN2O3S. The van der Waals surface area contributed by atoms with Crippen molar-refractivity contribution in [3.8, 4) is 5.75 Å². The van der Waals surface area contributed by atoms with Gasteiger partial charge in [-0.15, -0.1) is 0 Å². The number of rotatable bonds is 3. The van der Waals surface area contributed by atoms with Gasteiger partial charge >= 0.3 is 0 Å². The van der Waals surface area contributed by atoms with E-state index < -0.39 is 10.0 Å². The van der Waals surface area contributed by atoms with E-state index in [0.717, 1.165) is 6.26 Å². The Morgan fingerprint density at radius 1 is 1.57 bits per heavy atom. The summed E-state index contributed by atoms with van der Waals surface area (Å²) in [5.74, 6) is 0.374. The van der Waals surface area contributed by atoms with Crippen molar-refractivity contribution < 1.29 is 13.2 Å². The molecule has 0 saturated carbocycles. The Kier molecular flexibility index (Phi) is 3.33. The van der Waals surface area contributed by atoms with Crippen LogP contribution >= 0.6 is 15.9 Å². The molecule has 14 heavy (non-hydrogen) atoms. The maximum Gasteiger partial charge on any atom is 0.229 e. The highest BCUT2D eigenvalue weighted by Gasteiger charge is 2.08. The molecule has 0 aliphatic heterocycles. The minimum absolute atomic E-state index is 0.358. The third-order valence-corrected chi connectivity index (χ3v) is 2.37. The molecule has 0 aliphatic carbocycles. The van der Waals surface area contributed by atoms with Crippen LogP contribution in [0.3, 0.4) is 0 Å². The van der Waals surface area contributed by atoms with Crippen molar-refractivity contribution in [3.63, 3.8) is 0 Å². The Morgan fingerprint density at radius 3 is 2.71 bits per heavy atom. The highest BCUT2D eigenvalue weighted by molar-refractivity contribution is 9.10. The van der Waals surface area contributed by atoms with Gasteiger partial charge in [0.05, 0.1) is 25.2 Å². The summed E-state index contributed by atoms with van der Waals surface area (Å²) in [6.45, 7) is 0. The van der Waals surface area contributed by atoms with E-state index >= 15 is 0 Å². The van der Waals surface area contributed by atoms with E-state index in [4.69, 9.17) is 4.74 Å². The topological polar surface area (TPSA) is 68.3 Å². The fourth-order valence-corrected chi connectivity index (χ4v) is 1.75. The predicted molar refractivity (Wildman–Crippen MR) is 57.0 cm³/mol. The zero-order valence-corrected chi connectivity index (χ0v) is 10.0. The van der Waals surface area contributed by atoms with Crippen LogP contribution < -0.4 is 9.46 Å². The SMILES string of the molecule is COc1cnc(Br)cc1NS(C)(=O)=O. The number of methoxy groups -OCH3 is 1. The molecule has 0 spiro atoms. The average molecular weight is 281 g/mol. The number of sulfonamides is 1. The van der Waals surface area contributed by atoms with Gasteiger partial charge in [-0.2, -0.15) is 0 Å². The number of pyridine rings is 1. The number of hydrogen-bond acceptors (Lipinski definition) is 4. The van der Waals surface area contributed by atoms with Crippen LogP contribution in [0.1, 0.15) is 0 Å². The van der Waals surface area contributed by atoms with Crippen molar-refractivity contribution in [2.75, 3.05) is 18.1 Å². The molecule has 1 aromatic rings. The van der Waals surface area contributed by atoms with Crippen LogP contribution in [-0.2, 0) is 10.0 Å². The molecular weight excluding hydrogens is 272 g/mol. The van der Waals surface area contributed by atoms with Gasteiger partial charge in [0, 0.05) is 0 Å². The van der Waals surface area contributed by atoms with E-state index in [2.05, 4.69) is 25.6 Å². The summed E-state index contributed by atoms with van der Waals surface area (Å²) in [6, 6.07) is 1.53. The number of anilines is 1. The van der Waals surface area contributed by atoms with Crippen LogP contribution in [0, 0.1) is 0 Å². The van der Waals surface area contributed by atoms with E-state index in [9.17, 15) is 8.42 Å². The highest BCUT2D eigenvalue weighted by Crippen LogP contribution is 2.26. The van der Waals surface area contributed by atoms with Crippen LogP contribution in [0.5, 0.6) is 5.75 Å². The predicted octanol–water partition coefficient (Wildman–Crippen LogP) is 1.22. The van der Waals surface area contributed by atoms with Gasteiger partial charge in [-0.05, 0) is 22.0 Å². The van der Waals surface area contributed by atoms with Gasteiger partial charge in [-0.1, -0.05) is 0 Å². The van der Waals surface area contributed by atoms with Crippen molar-refractivity contribution in [1.29, 1.82) is 0 Å². The van der Waals surface area contributed by atoms with Gasteiger partial charge in [0.1, 0.15) is 4.60 Å². The normalized spacial score (nSPS) is 11.1. The first-order valence-corrected chi connectivity index (χ1v) is 6.28. The lowest BCUT2D eigenvalue weighted by molar-refractivity contribution is 0.415. The number of halogens is 1. The molecule has 1 heterocycles. The molecule has 0 fully saturated rings. The molecule has 0 unspecified atom stereocenters. The molecule has 0 atom stereocenters. The van der Waals surface area contributed by atoms with Gasteiger partial charge in [-0.25, -0.2) is 13.4 Å². The van der Waals surface area contributed by atoms with Crippen LogP contribution in [0.15, 0.2) is 16.9 Å². The Bertz CT molecular complexity index is 433. The molecule has 78 valence electrons. The molecule has 5 nitrogen and oxygen atoms in total. The molecule has 0 radical (unpaired) electrons. The lowest BCUT2D eigenvalue weighted by atomic mass is 10.4. The molecule has 0 saturated heterocycles. The maximum absolute atomic E-state index is 11.0. The first-order chi connectivity index (χ1) is 6.42. The molecule has 0 aliphatic rings. The summed E-state index contributed by atoms with van der Waals surface area (Å²) in [5, 5.41) is 0. The van der Waals surface area contributed by atoms with E-state index in [-0.39, 0.29) is 0 Å². The third kappa shape index (κ3) is 3.15. The lowest BCUT2D eigenvalue weighted by Crippen LogP contribution is -2.10. The smallest absolute Gasteiger partial charge is 0.229 e. The summed E-state index contributed by atoms with van der Waals surface area (Å²) in [6.07, 6.45) is 2.50. The van der Waals surface area contributed by atoms with Crippen molar-refractivity contribution in [2.45, 2.75) is 0 Å². The Labute approximate surface area is 90.7 Å². The van der Waals surface area contributed by atoms with Crippen molar-refractivity contribution in [2.24, 2.45) is 0 Å². The standard InChI is InChI=1S/C7H9BrN2O3S/c1-13-6-4-9-7(8)3-5(6)10-14(2,11)12/h3-4H,1-2H3,(H,9,10). The summed E-state index contributed by atoms with van der Waals surface area (Å²) >= 11 is 3.13. The fourth-order valence-electron chi connectivity index (χ4n) is 0.859. The van der Waals surface area contributed by atoms with Crippen molar-refractivity contribution in [1.82, 2.24) is 4.98 Å². The number of ether oxygens (including phenoxy) is 1. The second-order valence-electron chi connectivity index (χ2n) is 2.58. The van der Waals surface area contributed by atoms with Crippen LogP contribution in [-0.4, -0.2) is 26.8 Å². The maximum atomic E-state index is 11.0. The van der Waals surface area contributed by atoms with Crippen molar-refractivity contribution >= 4 is 31.6 Å². The van der Waals surface area contributed by atoms with E-state index in [1.54, 1.807) is 0 Å². The van der Waals surface area contributed by atoms with Gasteiger partial charge in [0.25, 0.3) is 0 Å². The summed E-state index contributed by atoms with van der Waals surface area (Å²) in [5.41, 5.74) is 0.358. The minimum atomic E-state index is -3.31. The summed E-state index contributed by atoms with van der Waals surface area (Å²) in [7, 11) is -1.86. The quantitative estimate of drug-likeness (QED) is 0.846.